The lowest BCUT2D eigenvalue weighted by Crippen LogP contribution is -2.07. The molecule has 15 heavy (non-hydrogen) atoms. The van der Waals surface area contributed by atoms with E-state index in [-0.39, 0.29) is 10.9 Å². The van der Waals surface area contributed by atoms with Crippen molar-refractivity contribution < 1.29 is 13.2 Å². The van der Waals surface area contributed by atoms with Gasteiger partial charge in [-0.25, -0.2) is 0 Å². The van der Waals surface area contributed by atoms with Gasteiger partial charge >= 0.3 is 6.18 Å². The van der Waals surface area contributed by atoms with Crippen LogP contribution in [0, 0.1) is 18.3 Å². The van der Waals surface area contributed by atoms with Crippen molar-refractivity contribution >= 4 is 15.9 Å². The summed E-state index contributed by atoms with van der Waals surface area (Å²) >= 11 is 2.86. The zero-order valence-electron chi connectivity index (χ0n) is 7.82. The summed E-state index contributed by atoms with van der Waals surface area (Å²) in [6.45, 7) is 1.56. The van der Waals surface area contributed by atoms with Crippen molar-refractivity contribution in [1.29, 1.82) is 5.26 Å². The molecule has 0 aromatic heterocycles. The van der Waals surface area contributed by atoms with Gasteiger partial charge in [0.2, 0.25) is 0 Å². The van der Waals surface area contributed by atoms with Crippen LogP contribution in [0.25, 0.3) is 0 Å². The molecule has 0 heterocycles. The van der Waals surface area contributed by atoms with Crippen molar-refractivity contribution in [2.75, 3.05) is 0 Å². The van der Waals surface area contributed by atoms with Gasteiger partial charge in [-0.15, -0.1) is 0 Å². The molecule has 0 saturated carbocycles. The smallest absolute Gasteiger partial charge is 0.198 e. The van der Waals surface area contributed by atoms with Crippen molar-refractivity contribution in [2.45, 2.75) is 19.5 Å². The van der Waals surface area contributed by atoms with Crippen LogP contribution in [0.15, 0.2) is 16.6 Å². The summed E-state index contributed by atoms with van der Waals surface area (Å²) in [6.07, 6.45) is -4.25. The van der Waals surface area contributed by atoms with Gasteiger partial charge in [-0.1, -0.05) is 15.9 Å². The molecule has 1 rings (SSSR count). The molecule has 0 aliphatic rings. The quantitative estimate of drug-likeness (QED) is 0.765. The molecular weight excluding hydrogens is 271 g/mol. The Balaban J connectivity index is 3.27. The Morgan fingerprint density at radius 2 is 2.00 bits per heavy atom. The molecule has 0 atom stereocenters. The highest BCUT2D eigenvalue weighted by Gasteiger charge is 2.33. The average Bonchev–Trinajstić information content (AvgIpc) is 2.09. The Kier molecular flexibility index (Phi) is 3.40. The molecule has 1 nitrogen and oxygen atoms in total. The number of hydrogen-bond acceptors (Lipinski definition) is 1. The molecule has 0 saturated heterocycles. The van der Waals surface area contributed by atoms with E-state index in [4.69, 9.17) is 5.26 Å². The third-order valence-electron chi connectivity index (χ3n) is 2.00. The second kappa shape index (κ2) is 4.23. The van der Waals surface area contributed by atoms with Gasteiger partial charge in [0, 0.05) is 4.47 Å². The molecule has 0 fully saturated rings. The SMILES string of the molecule is Cc1cc(C(F)(F)F)c(Br)cc1CC#N. The standard InChI is InChI=1S/C10H7BrF3N/c1-6-4-8(10(12,13)14)9(11)5-7(6)2-3-15/h4-5H,2H2,1H3. The Labute approximate surface area is 93.6 Å². The van der Waals surface area contributed by atoms with Gasteiger partial charge in [-0.2, -0.15) is 18.4 Å². The molecular formula is C10H7BrF3N. The molecule has 1 aromatic rings. The summed E-state index contributed by atoms with van der Waals surface area (Å²) in [6, 6.07) is 4.31. The van der Waals surface area contributed by atoms with Crippen molar-refractivity contribution in [3.8, 4) is 6.07 Å². The largest absolute Gasteiger partial charge is 0.417 e. The van der Waals surface area contributed by atoms with Crippen LogP contribution in [0.2, 0.25) is 0 Å². The second-order valence-electron chi connectivity index (χ2n) is 3.09. The van der Waals surface area contributed by atoms with E-state index in [0.29, 0.717) is 11.1 Å². The predicted molar refractivity (Wildman–Crippen MR) is 53.2 cm³/mol. The van der Waals surface area contributed by atoms with Crippen molar-refractivity contribution in [2.24, 2.45) is 0 Å². The molecule has 0 unspecified atom stereocenters. The summed E-state index contributed by atoms with van der Waals surface area (Å²) < 4.78 is 37.3. The number of aryl methyl sites for hydroxylation is 1. The molecule has 0 aliphatic carbocycles. The molecule has 80 valence electrons. The lowest BCUT2D eigenvalue weighted by Gasteiger charge is -2.12. The maximum atomic E-state index is 12.5. The van der Waals surface area contributed by atoms with Crippen LogP contribution < -0.4 is 0 Å². The van der Waals surface area contributed by atoms with Crippen LogP contribution in [0.4, 0.5) is 13.2 Å². The van der Waals surface area contributed by atoms with Crippen LogP contribution in [0.1, 0.15) is 16.7 Å². The first-order valence-corrected chi connectivity index (χ1v) is 4.88. The van der Waals surface area contributed by atoms with E-state index in [2.05, 4.69) is 15.9 Å². The second-order valence-corrected chi connectivity index (χ2v) is 3.95. The van der Waals surface area contributed by atoms with Crippen molar-refractivity contribution in [1.82, 2.24) is 0 Å². The molecule has 0 amide bonds. The molecule has 0 bridgehead atoms. The summed E-state index contributed by atoms with van der Waals surface area (Å²) in [7, 11) is 0. The van der Waals surface area contributed by atoms with Crippen molar-refractivity contribution in [3.05, 3.63) is 33.3 Å². The van der Waals surface area contributed by atoms with E-state index in [9.17, 15) is 13.2 Å². The van der Waals surface area contributed by atoms with E-state index in [1.54, 1.807) is 6.92 Å². The lowest BCUT2D eigenvalue weighted by atomic mass is 10.0. The first-order valence-electron chi connectivity index (χ1n) is 4.09. The molecule has 0 N–H and O–H groups in total. The number of nitrogens with zero attached hydrogens (tertiary/aromatic N) is 1. The van der Waals surface area contributed by atoms with Gasteiger partial charge in [0.25, 0.3) is 0 Å². The molecule has 0 aliphatic heterocycles. The average molecular weight is 278 g/mol. The Bertz CT molecular complexity index is 418. The Hall–Kier alpha value is -1.02. The van der Waals surface area contributed by atoms with E-state index in [1.165, 1.54) is 6.07 Å². The molecule has 5 heteroatoms. The highest BCUT2D eigenvalue weighted by Crippen LogP contribution is 2.36. The lowest BCUT2D eigenvalue weighted by molar-refractivity contribution is -0.138. The summed E-state index contributed by atoms with van der Waals surface area (Å²) in [5.74, 6) is 0. The Morgan fingerprint density at radius 3 is 2.47 bits per heavy atom. The number of alkyl halides is 3. The molecule has 0 spiro atoms. The summed E-state index contributed by atoms with van der Waals surface area (Å²) in [5, 5.41) is 8.48. The maximum absolute atomic E-state index is 12.5. The minimum absolute atomic E-state index is 0.0224. The van der Waals surface area contributed by atoms with Gasteiger partial charge in [0.15, 0.2) is 0 Å². The number of benzene rings is 1. The minimum atomic E-state index is -4.37. The number of halogens is 4. The van der Waals surface area contributed by atoms with E-state index in [1.807, 2.05) is 6.07 Å². The van der Waals surface area contributed by atoms with Gasteiger partial charge in [-0.3, -0.25) is 0 Å². The van der Waals surface area contributed by atoms with Crippen LogP contribution in [-0.2, 0) is 12.6 Å². The normalized spacial score (nSPS) is 11.2. The van der Waals surface area contributed by atoms with Crippen LogP contribution in [-0.4, -0.2) is 0 Å². The first-order chi connectivity index (χ1) is 6.86. The van der Waals surface area contributed by atoms with Crippen LogP contribution in [0.5, 0.6) is 0 Å². The zero-order chi connectivity index (χ0) is 11.6. The monoisotopic (exact) mass is 277 g/mol. The van der Waals surface area contributed by atoms with E-state index in [0.717, 1.165) is 6.07 Å². The minimum Gasteiger partial charge on any atom is -0.198 e. The molecule has 0 radical (unpaired) electrons. The summed E-state index contributed by atoms with van der Waals surface area (Å²) in [4.78, 5) is 0. The van der Waals surface area contributed by atoms with E-state index < -0.39 is 11.7 Å². The third kappa shape index (κ3) is 2.72. The molecule has 1 aromatic carbocycles. The zero-order valence-corrected chi connectivity index (χ0v) is 9.41. The van der Waals surface area contributed by atoms with Gasteiger partial charge in [0.1, 0.15) is 0 Å². The topological polar surface area (TPSA) is 23.8 Å². The first kappa shape index (κ1) is 12.1. The van der Waals surface area contributed by atoms with Gasteiger partial charge in [-0.05, 0) is 30.2 Å². The fourth-order valence-electron chi connectivity index (χ4n) is 1.22. The maximum Gasteiger partial charge on any atom is 0.417 e. The predicted octanol–water partition coefficient (Wildman–Crippen LogP) is 3.84. The Morgan fingerprint density at radius 1 is 1.40 bits per heavy atom. The van der Waals surface area contributed by atoms with Crippen molar-refractivity contribution in [3.63, 3.8) is 0 Å². The fraction of sp³-hybridized carbons (Fsp3) is 0.300. The highest BCUT2D eigenvalue weighted by atomic mass is 79.9. The number of nitriles is 1. The summed E-state index contributed by atoms with van der Waals surface area (Å²) in [5.41, 5.74) is 0.381. The van der Waals surface area contributed by atoms with Gasteiger partial charge in [0.05, 0.1) is 18.1 Å². The highest BCUT2D eigenvalue weighted by molar-refractivity contribution is 9.10. The fourth-order valence-corrected chi connectivity index (χ4v) is 1.83. The van der Waals surface area contributed by atoms with Crippen LogP contribution >= 0.6 is 15.9 Å². The number of rotatable bonds is 1. The van der Waals surface area contributed by atoms with Gasteiger partial charge < -0.3 is 0 Å². The van der Waals surface area contributed by atoms with E-state index >= 15 is 0 Å². The third-order valence-corrected chi connectivity index (χ3v) is 2.66. The van der Waals surface area contributed by atoms with Crippen LogP contribution in [0.3, 0.4) is 0 Å². The number of hydrogen-bond donors (Lipinski definition) is 0.